The molecule has 1 atom stereocenters. The summed E-state index contributed by atoms with van der Waals surface area (Å²) in [5.74, 6) is -0.0977. The smallest absolute Gasteiger partial charge is 0.250 e. The molecule has 5 nitrogen and oxygen atoms in total. The number of amides is 1. The fourth-order valence-electron chi connectivity index (χ4n) is 3.44. The second kappa shape index (κ2) is 9.65. The number of nitrogens with one attached hydrogen (secondary N) is 1. The molecule has 0 bridgehead atoms. The number of rotatable bonds is 6. The normalized spacial score (nSPS) is 17.1. The number of hydrogen-bond donors (Lipinski definition) is 2. The zero-order valence-electron chi connectivity index (χ0n) is 16.3. The lowest BCUT2D eigenvalue weighted by atomic mass is 10.0. The number of anilines is 2. The molecular formula is C22H25ClFN3O2. The van der Waals surface area contributed by atoms with Crippen molar-refractivity contribution in [2.24, 2.45) is 5.73 Å². The van der Waals surface area contributed by atoms with Gasteiger partial charge in [-0.2, -0.15) is 0 Å². The van der Waals surface area contributed by atoms with Crippen LogP contribution in [0.15, 0.2) is 54.2 Å². The van der Waals surface area contributed by atoms with E-state index in [4.69, 9.17) is 22.1 Å². The molecule has 1 saturated heterocycles. The number of ether oxygens (including phenoxy) is 1. The summed E-state index contributed by atoms with van der Waals surface area (Å²) in [5, 5.41) is 3.30. The van der Waals surface area contributed by atoms with Gasteiger partial charge >= 0.3 is 0 Å². The SMILES string of the molecule is CC(N)=CC(=O)Nc1ccc(N2CCCCC2COc2cccc(F)c2)c(Cl)c1. The van der Waals surface area contributed by atoms with Crippen LogP contribution >= 0.6 is 11.6 Å². The first-order valence-electron chi connectivity index (χ1n) is 9.61. The summed E-state index contributed by atoms with van der Waals surface area (Å²) in [7, 11) is 0. The van der Waals surface area contributed by atoms with Crippen LogP contribution in [-0.2, 0) is 4.79 Å². The summed E-state index contributed by atoms with van der Waals surface area (Å²) in [5.41, 5.74) is 7.45. The van der Waals surface area contributed by atoms with Crippen molar-refractivity contribution in [1.29, 1.82) is 0 Å². The standard InChI is InChI=1S/C22H25ClFN3O2/c1-15(25)11-22(28)26-17-8-9-21(20(23)13-17)27-10-3-2-6-18(27)14-29-19-7-4-5-16(24)12-19/h4-5,7-9,11-13,18H,2-3,6,10,14,25H2,1H3,(H,26,28). The molecule has 7 heteroatoms. The fourth-order valence-corrected chi connectivity index (χ4v) is 3.73. The molecule has 2 aromatic rings. The van der Waals surface area contributed by atoms with Gasteiger partial charge in [-0.3, -0.25) is 4.79 Å². The Bertz CT molecular complexity index is 899. The molecule has 1 aliphatic rings. The van der Waals surface area contributed by atoms with Gasteiger partial charge in [0.05, 0.1) is 16.8 Å². The molecule has 2 aromatic carbocycles. The summed E-state index contributed by atoms with van der Waals surface area (Å²) in [6, 6.07) is 11.7. The van der Waals surface area contributed by atoms with E-state index in [2.05, 4.69) is 10.2 Å². The number of hydrogen-bond acceptors (Lipinski definition) is 4. The van der Waals surface area contributed by atoms with Gasteiger partial charge in [0.1, 0.15) is 18.2 Å². The van der Waals surface area contributed by atoms with Crippen LogP contribution in [0.3, 0.4) is 0 Å². The Labute approximate surface area is 175 Å². The number of halogens is 2. The molecule has 154 valence electrons. The van der Waals surface area contributed by atoms with Crippen LogP contribution in [-0.4, -0.2) is 25.1 Å². The van der Waals surface area contributed by atoms with Crippen LogP contribution in [0.25, 0.3) is 0 Å². The van der Waals surface area contributed by atoms with Crippen molar-refractivity contribution in [3.05, 3.63) is 65.1 Å². The van der Waals surface area contributed by atoms with Crippen LogP contribution < -0.4 is 20.7 Å². The van der Waals surface area contributed by atoms with E-state index in [1.54, 1.807) is 25.1 Å². The first kappa shape index (κ1) is 21.0. The third kappa shape index (κ3) is 5.87. The Morgan fingerprint density at radius 3 is 2.90 bits per heavy atom. The second-order valence-corrected chi connectivity index (χ2v) is 7.56. The predicted molar refractivity (Wildman–Crippen MR) is 115 cm³/mol. The Balaban J connectivity index is 1.71. The van der Waals surface area contributed by atoms with Crippen molar-refractivity contribution in [2.75, 3.05) is 23.4 Å². The highest BCUT2D eigenvalue weighted by Crippen LogP contribution is 2.33. The molecule has 1 unspecified atom stereocenters. The highest BCUT2D eigenvalue weighted by Gasteiger charge is 2.25. The van der Waals surface area contributed by atoms with Gasteiger partial charge in [-0.15, -0.1) is 0 Å². The van der Waals surface area contributed by atoms with Gasteiger partial charge in [-0.25, -0.2) is 4.39 Å². The largest absolute Gasteiger partial charge is 0.491 e. The van der Waals surface area contributed by atoms with E-state index in [0.29, 0.717) is 28.8 Å². The Morgan fingerprint density at radius 1 is 1.34 bits per heavy atom. The molecule has 0 saturated carbocycles. The minimum atomic E-state index is -0.316. The van der Waals surface area contributed by atoms with Crippen LogP contribution in [0.5, 0.6) is 5.75 Å². The predicted octanol–water partition coefficient (Wildman–Crippen LogP) is 4.72. The molecule has 29 heavy (non-hydrogen) atoms. The molecule has 3 rings (SSSR count). The Morgan fingerprint density at radius 2 is 2.17 bits per heavy atom. The third-order valence-corrected chi connectivity index (χ3v) is 5.05. The van der Waals surface area contributed by atoms with Gasteiger partial charge in [-0.1, -0.05) is 17.7 Å². The average Bonchev–Trinajstić information content (AvgIpc) is 2.66. The van der Waals surface area contributed by atoms with Crippen LogP contribution in [0.1, 0.15) is 26.2 Å². The van der Waals surface area contributed by atoms with Gasteiger partial charge in [0.2, 0.25) is 5.91 Å². The maximum atomic E-state index is 13.4. The minimum absolute atomic E-state index is 0.132. The van der Waals surface area contributed by atoms with E-state index in [1.165, 1.54) is 18.2 Å². The molecular weight excluding hydrogens is 393 g/mol. The molecule has 0 aromatic heterocycles. The van der Waals surface area contributed by atoms with Crippen molar-refractivity contribution in [2.45, 2.75) is 32.2 Å². The zero-order valence-corrected chi connectivity index (χ0v) is 17.1. The van der Waals surface area contributed by atoms with Crippen molar-refractivity contribution in [3.8, 4) is 5.75 Å². The lowest BCUT2D eigenvalue weighted by Gasteiger charge is -2.38. The van der Waals surface area contributed by atoms with Gasteiger partial charge in [0.25, 0.3) is 0 Å². The first-order valence-corrected chi connectivity index (χ1v) is 9.99. The number of nitrogens with zero attached hydrogens (tertiary/aromatic N) is 1. The molecule has 0 aliphatic carbocycles. The zero-order chi connectivity index (χ0) is 20.8. The summed E-state index contributed by atoms with van der Waals surface area (Å²) >= 11 is 6.53. The number of piperidine rings is 1. The van der Waals surface area contributed by atoms with E-state index in [0.717, 1.165) is 31.5 Å². The van der Waals surface area contributed by atoms with E-state index in [1.807, 2.05) is 12.1 Å². The quantitative estimate of drug-likeness (QED) is 0.667. The summed E-state index contributed by atoms with van der Waals surface area (Å²) in [6.45, 7) is 2.95. The molecule has 1 amide bonds. The van der Waals surface area contributed by atoms with Crippen molar-refractivity contribution in [3.63, 3.8) is 0 Å². The Kier molecular flexibility index (Phi) is 6.99. The average molecular weight is 418 g/mol. The molecule has 1 heterocycles. The van der Waals surface area contributed by atoms with Crippen LogP contribution in [0.4, 0.5) is 15.8 Å². The molecule has 1 fully saturated rings. The molecule has 0 radical (unpaired) electrons. The number of allylic oxidation sites excluding steroid dienone is 1. The van der Waals surface area contributed by atoms with Gasteiger partial charge in [0.15, 0.2) is 0 Å². The highest BCUT2D eigenvalue weighted by atomic mass is 35.5. The van der Waals surface area contributed by atoms with E-state index < -0.39 is 0 Å². The van der Waals surface area contributed by atoms with E-state index in [-0.39, 0.29) is 17.8 Å². The van der Waals surface area contributed by atoms with Crippen molar-refractivity contribution < 1.29 is 13.9 Å². The van der Waals surface area contributed by atoms with Gasteiger partial charge in [0, 0.05) is 30.1 Å². The minimum Gasteiger partial charge on any atom is -0.491 e. The van der Waals surface area contributed by atoms with Gasteiger partial charge in [-0.05, 0) is 56.5 Å². The maximum Gasteiger partial charge on any atom is 0.250 e. The van der Waals surface area contributed by atoms with Crippen LogP contribution in [0.2, 0.25) is 5.02 Å². The third-order valence-electron chi connectivity index (χ3n) is 4.75. The molecule has 3 N–H and O–H groups in total. The lowest BCUT2D eigenvalue weighted by Crippen LogP contribution is -2.43. The summed E-state index contributed by atoms with van der Waals surface area (Å²) in [6.07, 6.45) is 4.45. The number of nitrogens with two attached hydrogens (primary N) is 1. The topological polar surface area (TPSA) is 67.6 Å². The fraction of sp³-hybridized carbons (Fsp3) is 0.318. The number of benzene rings is 2. The van der Waals surface area contributed by atoms with Crippen LogP contribution in [0, 0.1) is 5.82 Å². The molecule has 1 aliphatic heterocycles. The summed E-state index contributed by atoms with van der Waals surface area (Å²) in [4.78, 5) is 14.1. The maximum absolute atomic E-state index is 13.4. The summed E-state index contributed by atoms with van der Waals surface area (Å²) < 4.78 is 19.2. The lowest BCUT2D eigenvalue weighted by molar-refractivity contribution is -0.111. The monoisotopic (exact) mass is 417 g/mol. The van der Waals surface area contributed by atoms with E-state index in [9.17, 15) is 9.18 Å². The van der Waals surface area contributed by atoms with Gasteiger partial charge < -0.3 is 20.7 Å². The molecule has 0 spiro atoms. The number of carbonyl (C=O) groups is 1. The highest BCUT2D eigenvalue weighted by molar-refractivity contribution is 6.33. The van der Waals surface area contributed by atoms with Crippen molar-refractivity contribution in [1.82, 2.24) is 0 Å². The first-order chi connectivity index (χ1) is 13.9. The number of carbonyl (C=O) groups excluding carboxylic acids is 1. The second-order valence-electron chi connectivity index (χ2n) is 7.16. The Hall–Kier alpha value is -2.73. The van der Waals surface area contributed by atoms with Crippen molar-refractivity contribution >= 4 is 28.9 Å². The van der Waals surface area contributed by atoms with E-state index >= 15 is 0 Å².